The predicted molar refractivity (Wildman–Crippen MR) is 95.4 cm³/mol. The molecule has 0 aliphatic carbocycles. The fourth-order valence-electron chi connectivity index (χ4n) is 3.27. The summed E-state index contributed by atoms with van der Waals surface area (Å²) in [4.78, 5) is 12.5. The molecular weight excluding hydrogens is 334 g/mol. The van der Waals surface area contributed by atoms with Crippen LogP contribution in [0.3, 0.4) is 0 Å². The molecule has 1 N–H and O–H groups in total. The molecule has 6 heteroatoms. The number of fused-ring (bicyclic) bond motifs is 2. The van der Waals surface area contributed by atoms with Gasteiger partial charge >= 0.3 is 0 Å². The molecule has 0 spiro atoms. The van der Waals surface area contributed by atoms with Crippen LogP contribution < -0.4 is 24.3 Å². The molecule has 0 radical (unpaired) electrons. The number of amides is 1. The summed E-state index contributed by atoms with van der Waals surface area (Å²) in [7, 11) is 1.64. The van der Waals surface area contributed by atoms with Crippen molar-refractivity contribution in [1.29, 1.82) is 0 Å². The van der Waals surface area contributed by atoms with Gasteiger partial charge in [0, 0.05) is 18.0 Å². The van der Waals surface area contributed by atoms with E-state index in [0.717, 1.165) is 23.5 Å². The Morgan fingerprint density at radius 3 is 2.85 bits per heavy atom. The molecule has 2 aromatic carbocycles. The molecule has 2 aliphatic rings. The second kappa shape index (κ2) is 7.15. The van der Waals surface area contributed by atoms with Gasteiger partial charge in [0.25, 0.3) is 5.91 Å². The molecule has 2 heterocycles. The molecule has 4 rings (SSSR count). The van der Waals surface area contributed by atoms with Crippen LogP contribution in [-0.4, -0.2) is 39.4 Å². The number of nitrogens with one attached hydrogen (secondary N) is 1. The van der Waals surface area contributed by atoms with E-state index in [1.165, 1.54) is 0 Å². The van der Waals surface area contributed by atoms with Gasteiger partial charge in [-0.2, -0.15) is 0 Å². The number of rotatable bonds is 4. The van der Waals surface area contributed by atoms with Crippen molar-refractivity contribution in [3.8, 4) is 23.0 Å². The smallest absolute Gasteiger partial charge is 0.251 e. The Morgan fingerprint density at radius 1 is 1.15 bits per heavy atom. The van der Waals surface area contributed by atoms with Crippen LogP contribution in [0, 0.1) is 5.92 Å². The van der Waals surface area contributed by atoms with E-state index in [9.17, 15) is 4.79 Å². The van der Waals surface area contributed by atoms with Gasteiger partial charge in [-0.1, -0.05) is 12.1 Å². The fourth-order valence-corrected chi connectivity index (χ4v) is 3.27. The quantitative estimate of drug-likeness (QED) is 0.913. The van der Waals surface area contributed by atoms with E-state index < -0.39 is 0 Å². The summed E-state index contributed by atoms with van der Waals surface area (Å²) in [6.07, 6.45) is 0.841. The minimum atomic E-state index is -0.126. The Bertz CT molecular complexity index is 820. The number of hydrogen-bond acceptors (Lipinski definition) is 5. The molecule has 0 fully saturated rings. The number of para-hydroxylation sites is 1. The third kappa shape index (κ3) is 3.27. The molecule has 1 atom stereocenters. The van der Waals surface area contributed by atoms with Gasteiger partial charge in [0.05, 0.1) is 13.7 Å². The molecule has 0 saturated carbocycles. The number of carbonyl (C=O) groups excluding carboxylic acids is 1. The van der Waals surface area contributed by atoms with Crippen LogP contribution in [0.2, 0.25) is 0 Å². The highest BCUT2D eigenvalue weighted by Crippen LogP contribution is 2.36. The molecule has 26 heavy (non-hydrogen) atoms. The summed E-state index contributed by atoms with van der Waals surface area (Å²) >= 11 is 0. The van der Waals surface area contributed by atoms with E-state index in [2.05, 4.69) is 5.32 Å². The Hall–Kier alpha value is -2.89. The highest BCUT2D eigenvalue weighted by atomic mass is 16.6. The minimum Gasteiger partial charge on any atom is -0.493 e. The van der Waals surface area contributed by atoms with E-state index in [1.54, 1.807) is 25.3 Å². The van der Waals surface area contributed by atoms with Crippen molar-refractivity contribution in [2.45, 2.75) is 6.42 Å². The molecule has 1 amide bonds. The van der Waals surface area contributed by atoms with Crippen molar-refractivity contribution in [3.63, 3.8) is 0 Å². The van der Waals surface area contributed by atoms with Crippen molar-refractivity contribution in [3.05, 3.63) is 47.5 Å². The normalized spacial score (nSPS) is 17.7. The van der Waals surface area contributed by atoms with Crippen molar-refractivity contribution < 1.29 is 23.7 Å². The predicted octanol–water partition coefficient (Wildman–Crippen LogP) is 2.45. The van der Waals surface area contributed by atoms with Crippen LogP contribution in [0.1, 0.15) is 15.9 Å². The first-order chi connectivity index (χ1) is 12.7. The lowest BCUT2D eigenvalue weighted by atomic mass is 9.96. The van der Waals surface area contributed by atoms with E-state index in [0.29, 0.717) is 43.4 Å². The summed E-state index contributed by atoms with van der Waals surface area (Å²) in [6, 6.07) is 11.1. The zero-order chi connectivity index (χ0) is 17.9. The Morgan fingerprint density at radius 2 is 2.00 bits per heavy atom. The second-order valence-electron chi connectivity index (χ2n) is 6.40. The molecule has 2 aliphatic heterocycles. The molecular formula is C20H21NO5. The van der Waals surface area contributed by atoms with Gasteiger partial charge in [0.2, 0.25) is 0 Å². The lowest BCUT2D eigenvalue weighted by Crippen LogP contribution is -2.35. The first-order valence-electron chi connectivity index (χ1n) is 8.71. The third-order valence-corrected chi connectivity index (χ3v) is 4.61. The maximum absolute atomic E-state index is 12.5. The average molecular weight is 355 g/mol. The second-order valence-corrected chi connectivity index (χ2v) is 6.40. The topological polar surface area (TPSA) is 66.0 Å². The van der Waals surface area contributed by atoms with E-state index >= 15 is 0 Å². The van der Waals surface area contributed by atoms with Crippen LogP contribution in [0.4, 0.5) is 0 Å². The summed E-state index contributed by atoms with van der Waals surface area (Å²) < 4.78 is 22.2. The van der Waals surface area contributed by atoms with Crippen molar-refractivity contribution in [2.75, 3.05) is 33.5 Å². The highest BCUT2D eigenvalue weighted by Gasteiger charge is 2.23. The minimum absolute atomic E-state index is 0.126. The Kier molecular flexibility index (Phi) is 4.56. The lowest BCUT2D eigenvalue weighted by molar-refractivity contribution is 0.0937. The number of hydrogen-bond donors (Lipinski definition) is 1. The number of ether oxygens (including phenoxy) is 4. The zero-order valence-corrected chi connectivity index (χ0v) is 14.6. The largest absolute Gasteiger partial charge is 0.493 e. The third-order valence-electron chi connectivity index (χ3n) is 4.61. The van der Waals surface area contributed by atoms with Crippen LogP contribution in [0.25, 0.3) is 0 Å². The number of carbonyl (C=O) groups is 1. The van der Waals surface area contributed by atoms with Gasteiger partial charge in [-0.15, -0.1) is 0 Å². The van der Waals surface area contributed by atoms with E-state index in [-0.39, 0.29) is 11.8 Å². The first kappa shape index (κ1) is 16.6. The molecule has 6 nitrogen and oxygen atoms in total. The first-order valence-corrected chi connectivity index (χ1v) is 8.71. The Balaban J connectivity index is 1.38. The van der Waals surface area contributed by atoms with E-state index in [4.69, 9.17) is 18.9 Å². The van der Waals surface area contributed by atoms with Crippen molar-refractivity contribution in [2.24, 2.45) is 5.92 Å². The summed E-state index contributed by atoms with van der Waals surface area (Å²) in [5, 5.41) is 2.99. The molecule has 136 valence electrons. The van der Waals surface area contributed by atoms with Crippen molar-refractivity contribution in [1.82, 2.24) is 5.32 Å². The zero-order valence-electron chi connectivity index (χ0n) is 14.6. The van der Waals surface area contributed by atoms with Crippen LogP contribution in [0.15, 0.2) is 36.4 Å². The van der Waals surface area contributed by atoms with Gasteiger partial charge in [0.1, 0.15) is 13.2 Å². The monoisotopic (exact) mass is 355 g/mol. The molecule has 0 bridgehead atoms. The lowest BCUT2D eigenvalue weighted by Gasteiger charge is -2.26. The highest BCUT2D eigenvalue weighted by molar-refractivity contribution is 5.94. The van der Waals surface area contributed by atoms with Gasteiger partial charge in [-0.3, -0.25) is 4.79 Å². The van der Waals surface area contributed by atoms with Gasteiger partial charge in [-0.05, 0) is 36.2 Å². The standard InChI is InChI=1S/C20H21NO5/c1-23-17-4-2-3-14-9-13(12-26-19(14)17)11-21-20(22)15-5-6-16-18(10-15)25-8-7-24-16/h2-6,10,13H,7-9,11-12H2,1H3,(H,21,22)/t13-/m0/s1. The number of benzene rings is 2. The molecule has 2 aromatic rings. The van der Waals surface area contributed by atoms with Crippen LogP contribution in [-0.2, 0) is 6.42 Å². The molecule has 0 unspecified atom stereocenters. The summed E-state index contributed by atoms with van der Waals surface area (Å²) in [5.41, 5.74) is 1.67. The average Bonchev–Trinajstić information content (AvgIpc) is 2.70. The van der Waals surface area contributed by atoms with Crippen molar-refractivity contribution >= 4 is 5.91 Å². The SMILES string of the molecule is COc1cccc2c1OC[C@H](CNC(=O)c1ccc3c(c1)OCCO3)C2. The van der Waals surface area contributed by atoms with E-state index in [1.807, 2.05) is 18.2 Å². The van der Waals surface area contributed by atoms with Gasteiger partial charge in [-0.25, -0.2) is 0 Å². The van der Waals surface area contributed by atoms with Crippen LogP contribution in [0.5, 0.6) is 23.0 Å². The van der Waals surface area contributed by atoms with Crippen LogP contribution >= 0.6 is 0 Å². The molecule has 0 aromatic heterocycles. The maximum atomic E-state index is 12.5. The summed E-state index contributed by atoms with van der Waals surface area (Å²) in [6.45, 7) is 2.13. The number of methoxy groups -OCH3 is 1. The Labute approximate surface area is 152 Å². The fraction of sp³-hybridized carbons (Fsp3) is 0.350. The molecule has 0 saturated heterocycles. The van der Waals surface area contributed by atoms with Gasteiger partial charge < -0.3 is 24.3 Å². The van der Waals surface area contributed by atoms with Gasteiger partial charge in [0.15, 0.2) is 23.0 Å². The maximum Gasteiger partial charge on any atom is 0.251 e. The summed E-state index contributed by atoms with van der Waals surface area (Å²) in [5.74, 6) is 2.95.